The van der Waals surface area contributed by atoms with Crippen LogP contribution in [0.1, 0.15) is 11.3 Å². The third-order valence-corrected chi connectivity index (χ3v) is 4.30. The van der Waals surface area contributed by atoms with Gasteiger partial charge in [0.25, 0.3) is 0 Å². The highest BCUT2D eigenvalue weighted by Crippen LogP contribution is 2.32. The van der Waals surface area contributed by atoms with Crippen molar-refractivity contribution in [2.24, 2.45) is 5.73 Å². The number of aromatic nitrogens is 1. The fraction of sp³-hybridized carbons (Fsp3) is 0.167. The average Bonchev–Trinajstić information content (AvgIpc) is 2.68. The second-order valence-corrected chi connectivity index (χ2v) is 6.00. The lowest BCUT2D eigenvalue weighted by Crippen LogP contribution is -2.19. The monoisotopic (exact) mass is 279 g/mol. The maximum atomic E-state index is 10.8. The van der Waals surface area contributed by atoms with Gasteiger partial charge in [0.1, 0.15) is 0 Å². The Labute approximate surface area is 114 Å². The predicted octanol–water partition coefficient (Wildman–Crippen LogP) is 3.40. The van der Waals surface area contributed by atoms with E-state index in [0.29, 0.717) is 0 Å². The molecule has 0 bridgehead atoms. The summed E-state index contributed by atoms with van der Waals surface area (Å²) in [6, 6.07) is 5.25. The van der Waals surface area contributed by atoms with Crippen molar-refractivity contribution in [3.8, 4) is 0 Å². The number of hydrogen-bond acceptors (Lipinski definition) is 4. The number of nitrogens with one attached hydrogen (secondary N) is 1. The Bertz CT molecular complexity index is 580. The van der Waals surface area contributed by atoms with Crippen LogP contribution in [0.3, 0.4) is 0 Å². The number of benzene rings is 1. The van der Waals surface area contributed by atoms with E-state index in [1.807, 2.05) is 37.4 Å². The van der Waals surface area contributed by atoms with Crippen molar-refractivity contribution in [1.82, 2.24) is 4.98 Å². The van der Waals surface area contributed by atoms with Gasteiger partial charge in [0.15, 0.2) is 4.34 Å². The van der Waals surface area contributed by atoms with Crippen molar-refractivity contribution >= 4 is 34.8 Å². The van der Waals surface area contributed by atoms with Gasteiger partial charge in [-0.2, -0.15) is 0 Å². The summed E-state index contributed by atoms with van der Waals surface area (Å²) < 4.78 is 1.02. The summed E-state index contributed by atoms with van der Waals surface area (Å²) in [7, 11) is 0. The predicted molar refractivity (Wildman–Crippen MR) is 75.4 cm³/mol. The molecule has 94 valence electrons. The minimum absolute atomic E-state index is 0.547. The van der Waals surface area contributed by atoms with Crippen LogP contribution >= 0.6 is 23.1 Å². The van der Waals surface area contributed by atoms with Crippen LogP contribution in [0, 0.1) is 13.8 Å². The van der Waals surface area contributed by atoms with Gasteiger partial charge in [-0.1, -0.05) is 11.8 Å². The molecule has 3 N–H and O–H groups in total. The van der Waals surface area contributed by atoms with Crippen molar-refractivity contribution in [3.05, 3.63) is 34.8 Å². The number of thiazole rings is 1. The van der Waals surface area contributed by atoms with E-state index in [1.165, 1.54) is 0 Å². The maximum Gasteiger partial charge on any atom is 0.316 e. The molecule has 0 unspecified atom stereocenters. The molecule has 0 atom stereocenters. The van der Waals surface area contributed by atoms with E-state index >= 15 is 0 Å². The number of carbonyl (C=O) groups excluding carboxylic acids is 1. The SMILES string of the molecule is Cc1csc(Sc2ccc(NC(N)=O)c(C)c2)n1. The molecule has 0 spiro atoms. The topological polar surface area (TPSA) is 68.0 Å². The van der Waals surface area contributed by atoms with Crippen molar-refractivity contribution in [3.63, 3.8) is 0 Å². The van der Waals surface area contributed by atoms with Crippen LogP contribution in [0.15, 0.2) is 32.8 Å². The van der Waals surface area contributed by atoms with Gasteiger partial charge >= 0.3 is 6.03 Å². The van der Waals surface area contributed by atoms with Crippen molar-refractivity contribution in [2.75, 3.05) is 5.32 Å². The molecular weight excluding hydrogens is 266 g/mol. The number of nitrogens with zero attached hydrogens (tertiary/aromatic N) is 1. The van der Waals surface area contributed by atoms with E-state index in [0.717, 1.165) is 26.2 Å². The molecule has 0 aliphatic heterocycles. The van der Waals surface area contributed by atoms with Gasteiger partial charge in [0, 0.05) is 21.7 Å². The van der Waals surface area contributed by atoms with E-state index in [1.54, 1.807) is 23.1 Å². The van der Waals surface area contributed by atoms with Crippen LogP contribution in [0.4, 0.5) is 10.5 Å². The molecule has 0 fully saturated rings. The molecule has 1 heterocycles. The van der Waals surface area contributed by atoms with Gasteiger partial charge in [-0.3, -0.25) is 0 Å². The molecule has 0 radical (unpaired) electrons. The molecule has 2 rings (SSSR count). The quantitative estimate of drug-likeness (QED) is 0.904. The highest BCUT2D eigenvalue weighted by atomic mass is 32.2. The Morgan fingerprint density at radius 1 is 1.44 bits per heavy atom. The lowest BCUT2D eigenvalue weighted by atomic mass is 10.2. The fourth-order valence-corrected chi connectivity index (χ4v) is 3.36. The first-order valence-electron chi connectivity index (χ1n) is 5.31. The third-order valence-electron chi connectivity index (χ3n) is 2.26. The van der Waals surface area contributed by atoms with Crippen molar-refractivity contribution in [1.29, 1.82) is 0 Å². The third kappa shape index (κ3) is 3.24. The van der Waals surface area contributed by atoms with Gasteiger partial charge in [0.2, 0.25) is 0 Å². The van der Waals surface area contributed by atoms with Crippen LogP contribution in [0.2, 0.25) is 0 Å². The molecule has 6 heteroatoms. The van der Waals surface area contributed by atoms with E-state index in [-0.39, 0.29) is 0 Å². The lowest BCUT2D eigenvalue weighted by molar-refractivity contribution is 0.259. The zero-order valence-corrected chi connectivity index (χ0v) is 11.7. The molecule has 2 aromatic rings. The first-order valence-corrected chi connectivity index (χ1v) is 7.01. The van der Waals surface area contributed by atoms with Crippen LogP contribution in [-0.4, -0.2) is 11.0 Å². The van der Waals surface area contributed by atoms with Gasteiger partial charge in [0.05, 0.1) is 0 Å². The second kappa shape index (κ2) is 5.41. The maximum absolute atomic E-state index is 10.8. The van der Waals surface area contributed by atoms with Crippen LogP contribution < -0.4 is 11.1 Å². The number of amides is 2. The number of carbonyl (C=O) groups is 1. The van der Waals surface area contributed by atoms with E-state index < -0.39 is 6.03 Å². The van der Waals surface area contributed by atoms with E-state index in [9.17, 15) is 4.79 Å². The molecule has 4 nitrogen and oxygen atoms in total. The summed E-state index contributed by atoms with van der Waals surface area (Å²) in [5.74, 6) is 0. The highest BCUT2D eigenvalue weighted by molar-refractivity contribution is 8.01. The molecule has 1 aromatic carbocycles. The molecular formula is C12H13N3OS2. The number of hydrogen-bond donors (Lipinski definition) is 2. The summed E-state index contributed by atoms with van der Waals surface area (Å²) in [6.45, 7) is 3.91. The number of rotatable bonds is 3. The molecule has 1 aromatic heterocycles. The summed E-state index contributed by atoms with van der Waals surface area (Å²) >= 11 is 3.24. The summed E-state index contributed by atoms with van der Waals surface area (Å²) in [4.78, 5) is 16.3. The van der Waals surface area contributed by atoms with Gasteiger partial charge in [-0.05, 0) is 37.6 Å². The number of primary amides is 1. The second-order valence-electron chi connectivity index (χ2n) is 3.82. The van der Waals surface area contributed by atoms with Crippen LogP contribution in [0.25, 0.3) is 0 Å². The largest absolute Gasteiger partial charge is 0.351 e. The summed E-state index contributed by atoms with van der Waals surface area (Å²) in [5.41, 5.74) is 7.84. The number of anilines is 1. The van der Waals surface area contributed by atoms with Crippen molar-refractivity contribution < 1.29 is 4.79 Å². The highest BCUT2D eigenvalue weighted by Gasteiger charge is 2.05. The molecule has 0 saturated heterocycles. The minimum Gasteiger partial charge on any atom is -0.351 e. The first kappa shape index (κ1) is 12.9. The standard InChI is InChI=1S/C12H13N3OS2/c1-7-5-9(3-4-10(7)15-11(13)16)18-12-14-8(2)6-17-12/h3-6H,1-2H3,(H3,13,15,16). The molecule has 0 aliphatic rings. The van der Waals surface area contributed by atoms with Crippen molar-refractivity contribution in [2.45, 2.75) is 23.1 Å². The Morgan fingerprint density at radius 2 is 2.22 bits per heavy atom. The molecule has 0 saturated carbocycles. The van der Waals surface area contributed by atoms with Gasteiger partial charge in [-0.25, -0.2) is 9.78 Å². The Kier molecular flexibility index (Phi) is 3.88. The van der Waals surface area contributed by atoms with Crippen LogP contribution in [-0.2, 0) is 0 Å². The number of aryl methyl sites for hydroxylation is 2. The van der Waals surface area contributed by atoms with E-state index in [2.05, 4.69) is 10.3 Å². The molecule has 0 aliphatic carbocycles. The minimum atomic E-state index is -0.547. The van der Waals surface area contributed by atoms with Gasteiger partial charge in [-0.15, -0.1) is 11.3 Å². The Morgan fingerprint density at radius 3 is 2.78 bits per heavy atom. The summed E-state index contributed by atoms with van der Waals surface area (Å²) in [5, 5.41) is 4.61. The molecule has 2 amide bonds. The lowest BCUT2D eigenvalue weighted by Gasteiger charge is -2.07. The first-order chi connectivity index (χ1) is 8.54. The normalized spacial score (nSPS) is 10.3. The fourth-order valence-electron chi connectivity index (χ4n) is 1.45. The number of nitrogens with two attached hydrogens (primary N) is 1. The molecule has 18 heavy (non-hydrogen) atoms. The zero-order chi connectivity index (χ0) is 13.1. The smallest absolute Gasteiger partial charge is 0.316 e. The van der Waals surface area contributed by atoms with E-state index in [4.69, 9.17) is 5.73 Å². The zero-order valence-electron chi connectivity index (χ0n) is 10.1. The number of urea groups is 1. The Hall–Kier alpha value is -1.53. The average molecular weight is 279 g/mol. The van der Waals surface area contributed by atoms with Gasteiger partial charge < -0.3 is 11.1 Å². The van der Waals surface area contributed by atoms with Crippen LogP contribution in [0.5, 0.6) is 0 Å². The summed E-state index contributed by atoms with van der Waals surface area (Å²) in [6.07, 6.45) is 0. The Balaban J connectivity index is 2.16.